The molecule has 0 bridgehead atoms. The molecule has 0 unspecified atom stereocenters. The Bertz CT molecular complexity index is 528. The van der Waals surface area contributed by atoms with Crippen LogP contribution < -0.4 is 0 Å². The van der Waals surface area contributed by atoms with E-state index in [1.807, 2.05) is 0 Å². The molecule has 1 N–H and O–H groups in total. The van der Waals surface area contributed by atoms with Crippen molar-refractivity contribution in [3.05, 3.63) is 35.7 Å². The predicted molar refractivity (Wildman–Crippen MR) is 82.7 cm³/mol. The van der Waals surface area contributed by atoms with Gasteiger partial charge in [-0.25, -0.2) is 0 Å². The molecule has 102 valence electrons. The summed E-state index contributed by atoms with van der Waals surface area (Å²) in [5, 5.41) is 2.88. The number of H-pyrrole nitrogens is 1. The molecule has 1 aromatic heterocycles. The Hall–Kier alpha value is -1.24. The molecule has 1 nitrogen and oxygen atoms in total. The Morgan fingerprint density at radius 3 is 2.11 bits per heavy atom. The third-order valence-electron chi connectivity index (χ3n) is 4.71. The van der Waals surface area contributed by atoms with Gasteiger partial charge in [-0.15, -0.1) is 0 Å². The molecule has 19 heavy (non-hydrogen) atoms. The van der Waals surface area contributed by atoms with Gasteiger partial charge in [0.05, 0.1) is 0 Å². The molecule has 1 heteroatoms. The number of aromatic nitrogens is 1. The Balaban J connectivity index is 1.92. The highest BCUT2D eigenvalue weighted by molar-refractivity contribution is 5.88. The molecule has 1 aliphatic carbocycles. The van der Waals surface area contributed by atoms with E-state index in [0.717, 1.165) is 5.92 Å². The lowest BCUT2D eigenvalue weighted by atomic mass is 9.92. The highest BCUT2D eigenvalue weighted by atomic mass is 14.7. The SMILES string of the molecule is Cc1[nH]c(C2CCCCCCCC2)c2ccccc12. The van der Waals surface area contributed by atoms with Crippen LogP contribution in [0.2, 0.25) is 0 Å². The molecule has 1 aliphatic rings. The van der Waals surface area contributed by atoms with E-state index in [4.69, 9.17) is 0 Å². The first kappa shape index (κ1) is 12.8. The van der Waals surface area contributed by atoms with E-state index in [1.165, 1.54) is 73.5 Å². The smallest absolute Gasteiger partial charge is 0.0260 e. The predicted octanol–water partition coefficient (Wildman–Crippen LogP) is 5.69. The van der Waals surface area contributed by atoms with Gasteiger partial charge in [0.2, 0.25) is 0 Å². The number of nitrogens with one attached hydrogen (secondary N) is 1. The average Bonchev–Trinajstić information content (AvgIpc) is 2.83. The van der Waals surface area contributed by atoms with E-state index in [0.29, 0.717) is 0 Å². The maximum Gasteiger partial charge on any atom is 0.0260 e. The van der Waals surface area contributed by atoms with E-state index in [-0.39, 0.29) is 0 Å². The summed E-state index contributed by atoms with van der Waals surface area (Å²) in [5.74, 6) is 0.747. The van der Waals surface area contributed by atoms with Gasteiger partial charge in [0, 0.05) is 22.2 Å². The second-order valence-electron chi connectivity index (χ2n) is 6.10. The average molecular weight is 255 g/mol. The van der Waals surface area contributed by atoms with Crippen molar-refractivity contribution in [2.75, 3.05) is 0 Å². The highest BCUT2D eigenvalue weighted by Crippen LogP contribution is 2.35. The van der Waals surface area contributed by atoms with Gasteiger partial charge >= 0.3 is 0 Å². The van der Waals surface area contributed by atoms with Crippen LogP contribution in [0.3, 0.4) is 0 Å². The van der Waals surface area contributed by atoms with Gasteiger partial charge in [-0.05, 0) is 25.7 Å². The summed E-state index contributed by atoms with van der Waals surface area (Å²) in [6.45, 7) is 2.21. The molecule has 0 saturated heterocycles. The summed E-state index contributed by atoms with van der Waals surface area (Å²) in [6.07, 6.45) is 11.3. The van der Waals surface area contributed by atoms with Crippen LogP contribution in [-0.2, 0) is 0 Å². The Labute approximate surface area is 116 Å². The van der Waals surface area contributed by atoms with Crippen LogP contribution in [0.1, 0.15) is 68.7 Å². The molecule has 0 aliphatic heterocycles. The second kappa shape index (κ2) is 5.81. The Morgan fingerprint density at radius 2 is 1.42 bits per heavy atom. The third kappa shape index (κ3) is 2.70. The number of rotatable bonds is 1. The number of hydrogen-bond donors (Lipinski definition) is 1. The summed E-state index contributed by atoms with van der Waals surface area (Å²) in [6, 6.07) is 8.87. The topological polar surface area (TPSA) is 15.8 Å². The van der Waals surface area contributed by atoms with Gasteiger partial charge < -0.3 is 4.98 Å². The first-order chi connectivity index (χ1) is 9.36. The summed E-state index contributed by atoms with van der Waals surface area (Å²) in [4.78, 5) is 3.69. The number of aryl methyl sites for hydroxylation is 1. The minimum atomic E-state index is 0.747. The molecule has 2 aromatic rings. The standard InChI is InChI=1S/C18H25N/c1-14-16-12-8-9-13-17(16)18(19-14)15-10-6-4-2-3-5-7-11-15/h8-9,12-13,15,19H,2-7,10-11H2,1H3. The van der Waals surface area contributed by atoms with Gasteiger partial charge in [0.25, 0.3) is 0 Å². The lowest BCUT2D eigenvalue weighted by Crippen LogP contribution is -2.00. The molecule has 1 aromatic carbocycles. The number of hydrogen-bond acceptors (Lipinski definition) is 0. The van der Waals surface area contributed by atoms with E-state index in [2.05, 4.69) is 36.2 Å². The summed E-state index contributed by atoms with van der Waals surface area (Å²) < 4.78 is 0. The molecule has 0 atom stereocenters. The fourth-order valence-corrected chi connectivity index (χ4v) is 3.63. The lowest BCUT2D eigenvalue weighted by Gasteiger charge is -2.15. The second-order valence-corrected chi connectivity index (χ2v) is 6.10. The van der Waals surface area contributed by atoms with Crippen LogP contribution in [0.4, 0.5) is 0 Å². The Kier molecular flexibility index (Phi) is 3.91. The molecule has 0 spiro atoms. The quantitative estimate of drug-likeness (QED) is 0.673. The summed E-state index contributed by atoms with van der Waals surface area (Å²) >= 11 is 0. The van der Waals surface area contributed by atoms with E-state index >= 15 is 0 Å². The van der Waals surface area contributed by atoms with Gasteiger partial charge in [-0.2, -0.15) is 0 Å². The van der Waals surface area contributed by atoms with Crippen LogP contribution in [0, 0.1) is 6.92 Å². The fourth-order valence-electron chi connectivity index (χ4n) is 3.63. The summed E-state index contributed by atoms with van der Waals surface area (Å²) in [7, 11) is 0. The molecular weight excluding hydrogens is 230 g/mol. The van der Waals surface area contributed by atoms with Crippen molar-refractivity contribution in [3.63, 3.8) is 0 Å². The third-order valence-corrected chi connectivity index (χ3v) is 4.71. The van der Waals surface area contributed by atoms with Crippen molar-refractivity contribution in [3.8, 4) is 0 Å². The molecular formula is C18H25N. The first-order valence-electron chi connectivity index (χ1n) is 7.93. The van der Waals surface area contributed by atoms with Gasteiger partial charge in [-0.1, -0.05) is 62.8 Å². The van der Waals surface area contributed by atoms with E-state index < -0.39 is 0 Å². The van der Waals surface area contributed by atoms with Gasteiger partial charge in [-0.3, -0.25) is 0 Å². The van der Waals surface area contributed by atoms with Crippen molar-refractivity contribution in [1.29, 1.82) is 0 Å². The minimum Gasteiger partial charge on any atom is -0.361 e. The molecule has 3 rings (SSSR count). The normalized spacial score (nSPS) is 19.0. The van der Waals surface area contributed by atoms with Crippen LogP contribution >= 0.6 is 0 Å². The van der Waals surface area contributed by atoms with E-state index in [9.17, 15) is 0 Å². The number of benzene rings is 1. The molecule has 1 saturated carbocycles. The monoisotopic (exact) mass is 255 g/mol. The summed E-state index contributed by atoms with van der Waals surface area (Å²) in [5.41, 5.74) is 2.85. The first-order valence-corrected chi connectivity index (χ1v) is 7.93. The van der Waals surface area contributed by atoms with Gasteiger partial charge in [0.15, 0.2) is 0 Å². The van der Waals surface area contributed by atoms with E-state index in [1.54, 1.807) is 0 Å². The molecule has 0 amide bonds. The fraction of sp³-hybridized carbons (Fsp3) is 0.556. The minimum absolute atomic E-state index is 0.747. The zero-order valence-electron chi connectivity index (χ0n) is 12.0. The molecule has 1 heterocycles. The maximum atomic E-state index is 3.69. The Morgan fingerprint density at radius 1 is 0.842 bits per heavy atom. The number of aromatic amines is 1. The van der Waals surface area contributed by atoms with Crippen LogP contribution in [0.5, 0.6) is 0 Å². The van der Waals surface area contributed by atoms with Gasteiger partial charge in [0.1, 0.15) is 0 Å². The van der Waals surface area contributed by atoms with Crippen molar-refractivity contribution in [1.82, 2.24) is 4.98 Å². The largest absolute Gasteiger partial charge is 0.361 e. The zero-order chi connectivity index (χ0) is 13.1. The molecule has 0 radical (unpaired) electrons. The highest BCUT2D eigenvalue weighted by Gasteiger charge is 2.18. The van der Waals surface area contributed by atoms with Crippen molar-refractivity contribution < 1.29 is 0 Å². The molecule has 1 fully saturated rings. The van der Waals surface area contributed by atoms with Crippen molar-refractivity contribution >= 4 is 10.8 Å². The van der Waals surface area contributed by atoms with Crippen molar-refractivity contribution in [2.45, 2.75) is 64.2 Å². The van der Waals surface area contributed by atoms with Crippen LogP contribution in [0.15, 0.2) is 24.3 Å². The van der Waals surface area contributed by atoms with Crippen LogP contribution in [0.25, 0.3) is 10.8 Å². The maximum absolute atomic E-state index is 3.69. The lowest BCUT2D eigenvalue weighted by molar-refractivity contribution is 0.533. The number of fused-ring (bicyclic) bond motifs is 1. The van der Waals surface area contributed by atoms with Crippen LogP contribution in [-0.4, -0.2) is 4.98 Å². The van der Waals surface area contributed by atoms with Crippen molar-refractivity contribution in [2.24, 2.45) is 0 Å². The zero-order valence-corrected chi connectivity index (χ0v) is 12.0.